The zero-order valence-electron chi connectivity index (χ0n) is 13.0. The summed E-state index contributed by atoms with van der Waals surface area (Å²) in [6.45, 7) is 9.26. The Bertz CT molecular complexity index is 564. The van der Waals surface area contributed by atoms with E-state index in [0.717, 1.165) is 0 Å². The van der Waals surface area contributed by atoms with Crippen molar-refractivity contribution in [2.24, 2.45) is 0 Å². The summed E-state index contributed by atoms with van der Waals surface area (Å²) in [6, 6.07) is 2.70. The summed E-state index contributed by atoms with van der Waals surface area (Å²) in [5.74, 6) is 0. The number of benzene rings is 1. The first-order valence-corrected chi connectivity index (χ1v) is 6.82. The summed E-state index contributed by atoms with van der Waals surface area (Å²) in [4.78, 5) is 21.5. The van der Waals surface area contributed by atoms with E-state index in [9.17, 15) is 20.2 Å². The van der Waals surface area contributed by atoms with Crippen molar-refractivity contribution >= 4 is 17.1 Å². The maximum Gasteiger partial charge on any atom is 0.303 e. The largest absolute Gasteiger partial charge is 0.371 e. The molecule has 1 aromatic carbocycles. The highest BCUT2D eigenvalue weighted by atomic mass is 16.6. The lowest BCUT2D eigenvalue weighted by atomic mass is 9.85. The highest BCUT2D eigenvalue weighted by Crippen LogP contribution is 2.42. The van der Waals surface area contributed by atoms with Crippen LogP contribution in [0.2, 0.25) is 0 Å². The van der Waals surface area contributed by atoms with E-state index in [0.29, 0.717) is 12.0 Å². The molecule has 1 rings (SSSR count). The van der Waals surface area contributed by atoms with Crippen LogP contribution in [0.5, 0.6) is 0 Å². The zero-order valence-corrected chi connectivity index (χ0v) is 13.0. The first kappa shape index (κ1) is 16.9. The molecule has 1 atom stereocenters. The van der Waals surface area contributed by atoms with Crippen molar-refractivity contribution in [3.63, 3.8) is 0 Å². The normalized spacial score (nSPS) is 12.8. The molecule has 0 amide bonds. The van der Waals surface area contributed by atoms with Crippen LogP contribution in [-0.2, 0) is 5.41 Å². The van der Waals surface area contributed by atoms with Gasteiger partial charge >= 0.3 is 5.69 Å². The van der Waals surface area contributed by atoms with E-state index in [-0.39, 0.29) is 23.1 Å². The summed E-state index contributed by atoms with van der Waals surface area (Å²) in [5, 5.41) is 25.6. The highest BCUT2D eigenvalue weighted by Gasteiger charge is 2.34. The Balaban J connectivity index is 3.66. The van der Waals surface area contributed by atoms with Crippen LogP contribution >= 0.6 is 0 Å². The summed E-state index contributed by atoms with van der Waals surface area (Å²) < 4.78 is 0. The minimum atomic E-state index is -0.593. The average molecular weight is 295 g/mol. The van der Waals surface area contributed by atoms with Gasteiger partial charge in [0.1, 0.15) is 0 Å². The molecule has 1 unspecified atom stereocenters. The van der Waals surface area contributed by atoms with Crippen molar-refractivity contribution in [2.75, 3.05) is 5.32 Å². The maximum atomic E-state index is 11.5. The lowest BCUT2D eigenvalue weighted by molar-refractivity contribution is -0.393. The lowest BCUT2D eigenvalue weighted by Crippen LogP contribution is -2.19. The van der Waals surface area contributed by atoms with Gasteiger partial charge in [0.25, 0.3) is 5.69 Å². The molecule has 0 aliphatic rings. The molecule has 0 bridgehead atoms. The van der Waals surface area contributed by atoms with Crippen molar-refractivity contribution in [3.05, 3.63) is 37.9 Å². The second-order valence-corrected chi connectivity index (χ2v) is 6.07. The fourth-order valence-electron chi connectivity index (χ4n) is 2.02. The first-order valence-electron chi connectivity index (χ1n) is 6.82. The number of rotatable bonds is 5. The Labute approximate surface area is 123 Å². The van der Waals surface area contributed by atoms with Crippen LogP contribution in [0, 0.1) is 20.2 Å². The van der Waals surface area contributed by atoms with Crippen LogP contribution < -0.4 is 5.32 Å². The third-order valence-electron chi connectivity index (χ3n) is 3.35. The number of hydrogen-bond acceptors (Lipinski definition) is 5. The minimum absolute atomic E-state index is 0.00762. The number of nitrogens with one attached hydrogen (secondary N) is 1. The molecule has 0 aliphatic heterocycles. The van der Waals surface area contributed by atoms with Gasteiger partial charge in [-0.15, -0.1) is 0 Å². The van der Waals surface area contributed by atoms with Crippen LogP contribution in [0.4, 0.5) is 17.1 Å². The standard InChI is InChI=1S/C14H21N3O4/c1-6-9(2)15-12-11(16(18)19)8-7-10(14(3,4)5)13(12)17(20)21/h7-9,15H,6H2,1-5H3. The number of nitrogens with zero attached hydrogens (tertiary/aromatic N) is 2. The summed E-state index contributed by atoms with van der Waals surface area (Å²) in [5.41, 5.74) is -0.494. The molecular weight excluding hydrogens is 274 g/mol. The molecule has 116 valence electrons. The van der Waals surface area contributed by atoms with Gasteiger partial charge in [0, 0.05) is 17.7 Å². The van der Waals surface area contributed by atoms with E-state index in [2.05, 4.69) is 5.32 Å². The lowest BCUT2D eigenvalue weighted by Gasteiger charge is -2.21. The van der Waals surface area contributed by atoms with E-state index in [4.69, 9.17) is 0 Å². The summed E-state index contributed by atoms with van der Waals surface area (Å²) in [6.07, 6.45) is 0.702. The molecule has 21 heavy (non-hydrogen) atoms. The predicted octanol–water partition coefficient (Wildman–Crippen LogP) is 4.01. The molecule has 1 N–H and O–H groups in total. The van der Waals surface area contributed by atoms with Gasteiger partial charge in [-0.05, 0) is 24.8 Å². The van der Waals surface area contributed by atoms with Crippen LogP contribution in [0.25, 0.3) is 0 Å². The predicted molar refractivity (Wildman–Crippen MR) is 81.8 cm³/mol. The van der Waals surface area contributed by atoms with E-state index in [1.54, 1.807) is 0 Å². The third-order valence-corrected chi connectivity index (χ3v) is 3.35. The molecule has 7 nitrogen and oxygen atoms in total. The van der Waals surface area contributed by atoms with Crippen molar-refractivity contribution in [1.29, 1.82) is 0 Å². The molecule has 0 spiro atoms. The highest BCUT2D eigenvalue weighted by molar-refractivity contribution is 5.77. The number of nitro benzene ring substituents is 2. The fraction of sp³-hybridized carbons (Fsp3) is 0.571. The third kappa shape index (κ3) is 3.68. The van der Waals surface area contributed by atoms with Gasteiger partial charge in [0.2, 0.25) is 0 Å². The zero-order chi connectivity index (χ0) is 16.4. The number of anilines is 1. The van der Waals surface area contributed by atoms with Crippen LogP contribution in [-0.4, -0.2) is 15.9 Å². The molecular formula is C14H21N3O4. The first-order chi connectivity index (χ1) is 9.59. The Morgan fingerprint density at radius 3 is 2.14 bits per heavy atom. The van der Waals surface area contributed by atoms with Crippen molar-refractivity contribution < 1.29 is 9.85 Å². The van der Waals surface area contributed by atoms with Gasteiger partial charge in [0.15, 0.2) is 5.69 Å². The van der Waals surface area contributed by atoms with Crippen LogP contribution in [0.1, 0.15) is 46.6 Å². The molecule has 0 heterocycles. The van der Waals surface area contributed by atoms with Gasteiger partial charge in [0.05, 0.1) is 9.85 Å². The maximum absolute atomic E-state index is 11.5. The van der Waals surface area contributed by atoms with Crippen molar-refractivity contribution in [2.45, 2.75) is 52.5 Å². The Morgan fingerprint density at radius 1 is 1.19 bits per heavy atom. The van der Waals surface area contributed by atoms with Crippen LogP contribution in [0.3, 0.4) is 0 Å². The fourth-order valence-corrected chi connectivity index (χ4v) is 2.02. The van der Waals surface area contributed by atoms with Crippen LogP contribution in [0.15, 0.2) is 12.1 Å². The Kier molecular flexibility index (Phi) is 4.88. The quantitative estimate of drug-likeness (QED) is 0.653. The molecule has 0 saturated carbocycles. The average Bonchev–Trinajstić information content (AvgIpc) is 2.36. The molecule has 0 aromatic heterocycles. The second-order valence-electron chi connectivity index (χ2n) is 6.07. The molecule has 1 aromatic rings. The summed E-state index contributed by atoms with van der Waals surface area (Å²) in [7, 11) is 0. The van der Waals surface area contributed by atoms with E-state index < -0.39 is 15.3 Å². The number of hydrogen-bond donors (Lipinski definition) is 1. The monoisotopic (exact) mass is 295 g/mol. The molecule has 0 radical (unpaired) electrons. The molecule has 0 aliphatic carbocycles. The topological polar surface area (TPSA) is 98.3 Å². The molecule has 0 fully saturated rings. The van der Waals surface area contributed by atoms with E-state index in [1.165, 1.54) is 12.1 Å². The summed E-state index contributed by atoms with van der Waals surface area (Å²) >= 11 is 0. The van der Waals surface area contributed by atoms with Gasteiger partial charge in [-0.2, -0.15) is 0 Å². The van der Waals surface area contributed by atoms with Gasteiger partial charge in [-0.3, -0.25) is 20.2 Å². The second kappa shape index (κ2) is 6.07. The van der Waals surface area contributed by atoms with Gasteiger partial charge in [-0.1, -0.05) is 27.7 Å². The van der Waals surface area contributed by atoms with E-state index >= 15 is 0 Å². The van der Waals surface area contributed by atoms with Gasteiger partial charge in [-0.25, -0.2) is 0 Å². The SMILES string of the molecule is CCC(C)Nc1c([N+](=O)[O-])ccc(C(C)(C)C)c1[N+](=O)[O-]. The molecule has 7 heteroatoms. The molecule has 0 saturated heterocycles. The number of nitro groups is 2. The van der Waals surface area contributed by atoms with Gasteiger partial charge < -0.3 is 5.32 Å². The smallest absolute Gasteiger partial charge is 0.303 e. The Morgan fingerprint density at radius 2 is 1.76 bits per heavy atom. The van der Waals surface area contributed by atoms with E-state index in [1.807, 2.05) is 34.6 Å². The Hall–Kier alpha value is -2.18. The van der Waals surface area contributed by atoms with Crippen molar-refractivity contribution in [1.82, 2.24) is 0 Å². The minimum Gasteiger partial charge on any atom is -0.371 e. The van der Waals surface area contributed by atoms with Crippen molar-refractivity contribution in [3.8, 4) is 0 Å².